The lowest BCUT2D eigenvalue weighted by molar-refractivity contribution is -0.142. The number of hydrogen-bond donors (Lipinski definition) is 2. The molecule has 1 aromatic heterocycles. The zero-order valence-electron chi connectivity index (χ0n) is 16.8. The van der Waals surface area contributed by atoms with E-state index in [-0.39, 0.29) is 12.5 Å². The Balaban J connectivity index is 1.76. The number of carbonyl (C=O) groups excluding carboxylic acids is 1. The number of aliphatic carboxylic acids is 1. The van der Waals surface area contributed by atoms with Crippen LogP contribution >= 0.6 is 0 Å². The summed E-state index contributed by atoms with van der Waals surface area (Å²) in [6.07, 6.45) is 0.324. The molecule has 0 aliphatic carbocycles. The SMILES string of the molecule is CC(C)CC(NC(=O)COc1ccc2c(-c3ccccc3)cc(=O)oc2c1)C(=O)O. The highest BCUT2D eigenvalue weighted by Gasteiger charge is 2.21. The fraction of sp³-hybridized carbons (Fsp3) is 0.261. The van der Waals surface area contributed by atoms with Gasteiger partial charge in [-0.3, -0.25) is 4.79 Å². The van der Waals surface area contributed by atoms with Crippen molar-refractivity contribution in [3.63, 3.8) is 0 Å². The molecule has 0 bridgehead atoms. The Morgan fingerprint density at radius 2 is 1.83 bits per heavy atom. The van der Waals surface area contributed by atoms with E-state index in [1.807, 2.05) is 44.2 Å². The minimum absolute atomic E-state index is 0.120. The first kappa shape index (κ1) is 21.1. The van der Waals surface area contributed by atoms with Crippen molar-refractivity contribution in [1.82, 2.24) is 5.32 Å². The van der Waals surface area contributed by atoms with E-state index >= 15 is 0 Å². The van der Waals surface area contributed by atoms with Crippen LogP contribution in [0.3, 0.4) is 0 Å². The number of hydrogen-bond acceptors (Lipinski definition) is 5. The van der Waals surface area contributed by atoms with E-state index in [1.54, 1.807) is 18.2 Å². The predicted molar refractivity (Wildman–Crippen MR) is 112 cm³/mol. The van der Waals surface area contributed by atoms with Crippen LogP contribution in [0.4, 0.5) is 0 Å². The van der Waals surface area contributed by atoms with Gasteiger partial charge in [-0.15, -0.1) is 0 Å². The normalized spacial score (nSPS) is 12.0. The number of carboxylic acid groups (broad SMARTS) is 1. The first-order chi connectivity index (χ1) is 14.3. The second-order valence-electron chi connectivity index (χ2n) is 7.38. The van der Waals surface area contributed by atoms with Crippen LogP contribution in [0.1, 0.15) is 20.3 Å². The maximum atomic E-state index is 12.1. The molecule has 0 saturated heterocycles. The maximum Gasteiger partial charge on any atom is 0.336 e. The largest absolute Gasteiger partial charge is 0.484 e. The highest BCUT2D eigenvalue weighted by atomic mass is 16.5. The molecule has 0 fully saturated rings. The number of amides is 1. The third kappa shape index (κ3) is 5.26. The molecule has 0 saturated carbocycles. The van der Waals surface area contributed by atoms with E-state index in [2.05, 4.69) is 5.32 Å². The molecule has 1 unspecified atom stereocenters. The van der Waals surface area contributed by atoms with Crippen molar-refractivity contribution in [2.45, 2.75) is 26.3 Å². The predicted octanol–water partition coefficient (Wildman–Crippen LogP) is 3.45. The summed E-state index contributed by atoms with van der Waals surface area (Å²) in [5.74, 6) is -1.17. The smallest absolute Gasteiger partial charge is 0.336 e. The summed E-state index contributed by atoms with van der Waals surface area (Å²) in [7, 11) is 0. The van der Waals surface area contributed by atoms with Gasteiger partial charge in [0, 0.05) is 17.5 Å². The van der Waals surface area contributed by atoms with Gasteiger partial charge >= 0.3 is 11.6 Å². The molecule has 3 rings (SSSR count). The molecule has 1 heterocycles. The van der Waals surface area contributed by atoms with E-state index < -0.39 is 23.5 Å². The average molecular weight is 409 g/mol. The van der Waals surface area contributed by atoms with Gasteiger partial charge in [0.1, 0.15) is 17.4 Å². The van der Waals surface area contributed by atoms with Gasteiger partial charge < -0.3 is 19.6 Å². The lowest BCUT2D eigenvalue weighted by Gasteiger charge is -2.16. The molecular formula is C23H23NO6. The van der Waals surface area contributed by atoms with Crippen LogP contribution in [-0.2, 0) is 9.59 Å². The number of rotatable bonds is 8. The number of nitrogens with one attached hydrogen (secondary N) is 1. The Labute approximate surface area is 173 Å². The highest BCUT2D eigenvalue weighted by molar-refractivity contribution is 5.93. The molecule has 7 heteroatoms. The lowest BCUT2D eigenvalue weighted by atomic mass is 10.0. The second kappa shape index (κ2) is 9.26. The Morgan fingerprint density at radius 3 is 2.50 bits per heavy atom. The molecule has 30 heavy (non-hydrogen) atoms. The van der Waals surface area contributed by atoms with Gasteiger partial charge in [0.2, 0.25) is 0 Å². The number of benzene rings is 2. The molecule has 0 radical (unpaired) electrons. The minimum Gasteiger partial charge on any atom is -0.484 e. The van der Waals surface area contributed by atoms with Crippen molar-refractivity contribution in [2.75, 3.05) is 6.61 Å². The van der Waals surface area contributed by atoms with Gasteiger partial charge in [0.25, 0.3) is 5.91 Å². The van der Waals surface area contributed by atoms with Gasteiger partial charge in [-0.2, -0.15) is 0 Å². The van der Waals surface area contributed by atoms with Crippen LogP contribution < -0.4 is 15.7 Å². The van der Waals surface area contributed by atoms with E-state index in [9.17, 15) is 19.5 Å². The van der Waals surface area contributed by atoms with E-state index in [0.717, 1.165) is 16.5 Å². The van der Waals surface area contributed by atoms with Crippen molar-refractivity contribution in [2.24, 2.45) is 5.92 Å². The molecule has 7 nitrogen and oxygen atoms in total. The van der Waals surface area contributed by atoms with E-state index in [0.29, 0.717) is 17.8 Å². The number of carboxylic acids is 1. The fourth-order valence-corrected chi connectivity index (χ4v) is 3.17. The molecule has 3 aromatic rings. The topological polar surface area (TPSA) is 106 Å². The summed E-state index contributed by atoms with van der Waals surface area (Å²) < 4.78 is 10.8. The van der Waals surface area contributed by atoms with Crippen molar-refractivity contribution in [3.8, 4) is 16.9 Å². The molecule has 0 spiro atoms. The average Bonchev–Trinajstić information content (AvgIpc) is 2.71. The summed E-state index contributed by atoms with van der Waals surface area (Å²) in [5.41, 5.74) is 1.47. The monoisotopic (exact) mass is 409 g/mol. The molecule has 0 aliphatic heterocycles. The van der Waals surface area contributed by atoms with E-state index in [1.165, 1.54) is 6.07 Å². The first-order valence-electron chi connectivity index (χ1n) is 9.62. The van der Waals surface area contributed by atoms with Crippen molar-refractivity contribution < 1.29 is 23.8 Å². The van der Waals surface area contributed by atoms with Gasteiger partial charge in [-0.25, -0.2) is 9.59 Å². The van der Waals surface area contributed by atoms with Crippen molar-refractivity contribution >= 4 is 22.8 Å². The van der Waals surface area contributed by atoms with E-state index in [4.69, 9.17) is 9.15 Å². The van der Waals surface area contributed by atoms with Crippen LogP contribution in [0.15, 0.2) is 63.8 Å². The van der Waals surface area contributed by atoms with Crippen LogP contribution in [0, 0.1) is 5.92 Å². The number of ether oxygens (including phenoxy) is 1. The zero-order chi connectivity index (χ0) is 21.7. The third-order valence-corrected chi connectivity index (χ3v) is 4.51. The van der Waals surface area contributed by atoms with Crippen LogP contribution in [0.25, 0.3) is 22.1 Å². The summed E-state index contributed by atoms with van der Waals surface area (Å²) in [4.78, 5) is 35.4. The summed E-state index contributed by atoms with van der Waals surface area (Å²) >= 11 is 0. The standard InChI is InChI=1S/C23H23NO6/c1-14(2)10-19(23(27)28)24-21(25)13-29-16-8-9-17-18(15-6-4-3-5-7-15)12-22(26)30-20(17)11-16/h3-9,11-12,14,19H,10,13H2,1-2H3,(H,24,25)(H,27,28). The zero-order valence-corrected chi connectivity index (χ0v) is 16.8. The Bertz CT molecular complexity index is 1100. The van der Waals surface area contributed by atoms with Gasteiger partial charge in [-0.1, -0.05) is 44.2 Å². The molecule has 1 amide bonds. The third-order valence-electron chi connectivity index (χ3n) is 4.51. The minimum atomic E-state index is -1.09. The van der Waals surface area contributed by atoms with Crippen LogP contribution in [-0.4, -0.2) is 29.6 Å². The summed E-state index contributed by atoms with van der Waals surface area (Å²) in [5, 5.41) is 12.4. The van der Waals surface area contributed by atoms with Crippen LogP contribution in [0.5, 0.6) is 5.75 Å². The van der Waals surface area contributed by atoms with Gasteiger partial charge in [0.15, 0.2) is 6.61 Å². The summed E-state index contributed by atoms with van der Waals surface area (Å²) in [6.45, 7) is 3.41. The number of fused-ring (bicyclic) bond motifs is 1. The highest BCUT2D eigenvalue weighted by Crippen LogP contribution is 2.29. The van der Waals surface area contributed by atoms with Crippen molar-refractivity contribution in [1.29, 1.82) is 0 Å². The molecule has 2 aromatic carbocycles. The Hall–Kier alpha value is -3.61. The quantitative estimate of drug-likeness (QED) is 0.552. The van der Waals surface area contributed by atoms with Crippen LogP contribution in [0.2, 0.25) is 0 Å². The molecule has 2 N–H and O–H groups in total. The molecule has 0 aliphatic rings. The number of carbonyl (C=O) groups is 2. The second-order valence-corrected chi connectivity index (χ2v) is 7.38. The molecular weight excluding hydrogens is 386 g/mol. The Kier molecular flexibility index (Phi) is 6.51. The van der Waals surface area contributed by atoms with Gasteiger partial charge in [-0.05, 0) is 35.6 Å². The fourth-order valence-electron chi connectivity index (χ4n) is 3.17. The Morgan fingerprint density at radius 1 is 1.10 bits per heavy atom. The lowest BCUT2D eigenvalue weighted by Crippen LogP contribution is -2.43. The summed E-state index contributed by atoms with van der Waals surface area (Å²) in [6, 6.07) is 14.9. The van der Waals surface area contributed by atoms with Crippen molar-refractivity contribution in [3.05, 3.63) is 65.0 Å². The molecule has 156 valence electrons. The molecule has 1 atom stereocenters. The maximum absolute atomic E-state index is 12.1. The first-order valence-corrected chi connectivity index (χ1v) is 9.62. The van der Waals surface area contributed by atoms with Gasteiger partial charge in [0.05, 0.1) is 0 Å².